The van der Waals surface area contributed by atoms with Gasteiger partial charge in [-0.2, -0.15) is 0 Å². The van der Waals surface area contributed by atoms with Crippen molar-refractivity contribution >= 4 is 34.8 Å². The van der Waals surface area contributed by atoms with Gasteiger partial charge in [-0.05, 0) is 25.1 Å². The maximum absolute atomic E-state index is 12.8. The Labute approximate surface area is 91.0 Å². The Bertz CT molecular complexity index is 334. The van der Waals surface area contributed by atoms with E-state index in [9.17, 15) is 9.18 Å². The number of halogens is 3. The first kappa shape index (κ1) is 11.3. The van der Waals surface area contributed by atoms with E-state index < -0.39 is 17.1 Å². The first-order valence-corrected chi connectivity index (χ1v) is 4.71. The monoisotopic (exact) mass is 235 g/mol. The largest absolute Gasteiger partial charge is 0.325 e. The Morgan fingerprint density at radius 1 is 1.50 bits per heavy atom. The average molecular weight is 236 g/mol. The van der Waals surface area contributed by atoms with Crippen molar-refractivity contribution in [3.63, 3.8) is 0 Å². The number of hydrogen-bond donors (Lipinski definition) is 1. The van der Waals surface area contributed by atoms with Crippen molar-refractivity contribution in [3.8, 4) is 0 Å². The molecule has 1 amide bonds. The van der Waals surface area contributed by atoms with Gasteiger partial charge in [0.15, 0.2) is 0 Å². The number of benzene rings is 1. The Morgan fingerprint density at radius 3 is 2.64 bits per heavy atom. The molecular formula is C9H8Cl2FNO. The maximum Gasteiger partial charge on any atom is 0.242 e. The molecule has 0 saturated carbocycles. The van der Waals surface area contributed by atoms with Crippen LogP contribution in [0.2, 0.25) is 5.02 Å². The predicted molar refractivity (Wildman–Crippen MR) is 55.4 cm³/mol. The zero-order valence-corrected chi connectivity index (χ0v) is 8.86. The molecule has 0 radical (unpaired) electrons. The molecule has 0 fully saturated rings. The number of alkyl halides is 1. The van der Waals surface area contributed by atoms with Gasteiger partial charge in [-0.25, -0.2) is 4.39 Å². The van der Waals surface area contributed by atoms with E-state index >= 15 is 0 Å². The summed E-state index contributed by atoms with van der Waals surface area (Å²) in [6, 6.07) is 3.77. The summed E-state index contributed by atoms with van der Waals surface area (Å²) in [6.07, 6.45) is 0. The third kappa shape index (κ3) is 3.16. The van der Waals surface area contributed by atoms with Gasteiger partial charge in [-0.15, -0.1) is 11.6 Å². The molecule has 5 heteroatoms. The number of hydrogen-bond acceptors (Lipinski definition) is 1. The average Bonchev–Trinajstić information content (AvgIpc) is 2.01. The van der Waals surface area contributed by atoms with Gasteiger partial charge in [-0.3, -0.25) is 4.79 Å². The summed E-state index contributed by atoms with van der Waals surface area (Å²) >= 11 is 11.1. The quantitative estimate of drug-likeness (QED) is 0.785. The highest BCUT2D eigenvalue weighted by molar-refractivity contribution is 6.32. The molecule has 1 N–H and O–H groups in total. The van der Waals surface area contributed by atoms with Crippen LogP contribution in [0.5, 0.6) is 0 Å². The van der Waals surface area contributed by atoms with Crippen LogP contribution in [0.25, 0.3) is 0 Å². The lowest BCUT2D eigenvalue weighted by atomic mass is 10.3. The molecule has 1 atom stereocenters. The molecule has 1 rings (SSSR count). The Morgan fingerprint density at radius 2 is 2.14 bits per heavy atom. The summed E-state index contributed by atoms with van der Waals surface area (Å²) in [7, 11) is 0. The summed E-state index contributed by atoms with van der Waals surface area (Å²) in [5, 5.41) is 1.98. The van der Waals surface area contributed by atoms with Crippen molar-refractivity contribution in [1.29, 1.82) is 0 Å². The highest BCUT2D eigenvalue weighted by atomic mass is 35.5. The first-order valence-electron chi connectivity index (χ1n) is 3.90. The predicted octanol–water partition coefficient (Wildman–Crippen LogP) is 3.04. The molecule has 1 aromatic carbocycles. The Balaban J connectivity index is 2.82. The van der Waals surface area contributed by atoms with Gasteiger partial charge in [0.1, 0.15) is 11.2 Å². The van der Waals surface area contributed by atoms with Crippen LogP contribution in [0.1, 0.15) is 6.92 Å². The molecule has 76 valence electrons. The van der Waals surface area contributed by atoms with Gasteiger partial charge in [0.05, 0.1) is 0 Å². The highest BCUT2D eigenvalue weighted by Crippen LogP contribution is 2.18. The van der Waals surface area contributed by atoms with Crippen molar-refractivity contribution in [3.05, 3.63) is 29.0 Å². The van der Waals surface area contributed by atoms with E-state index in [4.69, 9.17) is 23.2 Å². The Hall–Kier alpha value is -0.800. The fraction of sp³-hybridized carbons (Fsp3) is 0.222. The van der Waals surface area contributed by atoms with E-state index in [-0.39, 0.29) is 5.02 Å². The van der Waals surface area contributed by atoms with Gasteiger partial charge in [-0.1, -0.05) is 11.6 Å². The van der Waals surface area contributed by atoms with Crippen LogP contribution in [-0.2, 0) is 4.79 Å². The molecule has 0 spiro atoms. The van der Waals surface area contributed by atoms with Crippen LogP contribution in [0.15, 0.2) is 18.2 Å². The van der Waals surface area contributed by atoms with Crippen LogP contribution in [0.3, 0.4) is 0 Å². The van der Waals surface area contributed by atoms with Crippen LogP contribution < -0.4 is 5.32 Å². The van der Waals surface area contributed by atoms with Crippen molar-refractivity contribution in [1.82, 2.24) is 0 Å². The summed E-state index contributed by atoms with van der Waals surface area (Å²) < 4.78 is 12.8. The number of carbonyl (C=O) groups excluding carboxylic acids is 1. The van der Waals surface area contributed by atoms with E-state index in [1.54, 1.807) is 0 Å². The van der Waals surface area contributed by atoms with Gasteiger partial charge in [0.2, 0.25) is 5.91 Å². The highest BCUT2D eigenvalue weighted by Gasteiger charge is 2.09. The SMILES string of the molecule is CC(Cl)C(=O)Nc1cc(F)cc(Cl)c1. The molecule has 2 nitrogen and oxygen atoms in total. The molecule has 0 aliphatic rings. The summed E-state index contributed by atoms with van der Waals surface area (Å²) in [5.41, 5.74) is 0.299. The lowest BCUT2D eigenvalue weighted by molar-refractivity contribution is -0.115. The number of amides is 1. The van der Waals surface area contributed by atoms with E-state index in [2.05, 4.69) is 5.32 Å². The number of carbonyl (C=O) groups is 1. The second-order valence-electron chi connectivity index (χ2n) is 2.76. The van der Waals surface area contributed by atoms with Crippen molar-refractivity contribution in [2.75, 3.05) is 5.32 Å². The second-order valence-corrected chi connectivity index (χ2v) is 3.85. The molecule has 0 aliphatic heterocycles. The van der Waals surface area contributed by atoms with Gasteiger partial charge >= 0.3 is 0 Å². The minimum atomic E-state index is -0.669. The summed E-state index contributed by atoms with van der Waals surface area (Å²) in [6.45, 7) is 1.53. The molecule has 1 aromatic rings. The Kier molecular flexibility index (Phi) is 3.72. The van der Waals surface area contributed by atoms with Gasteiger partial charge in [0, 0.05) is 10.7 Å². The topological polar surface area (TPSA) is 29.1 Å². The van der Waals surface area contributed by atoms with Crippen LogP contribution in [0, 0.1) is 5.82 Å². The standard InChI is InChI=1S/C9H8Cl2FNO/c1-5(10)9(14)13-8-3-6(11)2-7(12)4-8/h2-5H,1H3,(H,13,14). The third-order valence-electron chi connectivity index (χ3n) is 1.49. The van der Waals surface area contributed by atoms with Crippen molar-refractivity contribution < 1.29 is 9.18 Å². The lowest BCUT2D eigenvalue weighted by Gasteiger charge is -2.06. The molecular weight excluding hydrogens is 228 g/mol. The van der Waals surface area contributed by atoms with E-state index in [1.807, 2.05) is 0 Å². The van der Waals surface area contributed by atoms with Gasteiger partial charge < -0.3 is 5.32 Å². The molecule has 1 unspecified atom stereocenters. The minimum absolute atomic E-state index is 0.225. The second kappa shape index (κ2) is 4.62. The third-order valence-corrected chi connectivity index (χ3v) is 1.91. The van der Waals surface area contributed by atoms with Crippen LogP contribution >= 0.6 is 23.2 Å². The van der Waals surface area contributed by atoms with Gasteiger partial charge in [0.25, 0.3) is 0 Å². The lowest BCUT2D eigenvalue weighted by Crippen LogP contribution is -2.20. The minimum Gasteiger partial charge on any atom is -0.325 e. The first-order chi connectivity index (χ1) is 6.49. The van der Waals surface area contributed by atoms with Crippen molar-refractivity contribution in [2.45, 2.75) is 12.3 Å². The molecule has 14 heavy (non-hydrogen) atoms. The van der Waals surface area contributed by atoms with Crippen LogP contribution in [0.4, 0.5) is 10.1 Å². The van der Waals surface area contributed by atoms with E-state index in [0.29, 0.717) is 5.69 Å². The maximum atomic E-state index is 12.8. The van der Waals surface area contributed by atoms with Crippen molar-refractivity contribution in [2.24, 2.45) is 0 Å². The molecule has 0 heterocycles. The van der Waals surface area contributed by atoms with E-state index in [0.717, 1.165) is 6.07 Å². The smallest absolute Gasteiger partial charge is 0.242 e. The van der Waals surface area contributed by atoms with E-state index in [1.165, 1.54) is 19.1 Å². The van der Waals surface area contributed by atoms with Crippen LogP contribution in [-0.4, -0.2) is 11.3 Å². The summed E-state index contributed by atoms with van der Waals surface area (Å²) in [4.78, 5) is 11.1. The normalized spacial score (nSPS) is 12.3. The number of anilines is 1. The fourth-order valence-electron chi connectivity index (χ4n) is 0.868. The zero-order valence-electron chi connectivity index (χ0n) is 7.35. The molecule has 0 aromatic heterocycles. The molecule has 0 aliphatic carbocycles. The summed E-state index contributed by atoms with van der Waals surface area (Å²) in [5.74, 6) is -0.900. The zero-order chi connectivity index (χ0) is 10.7. The fourth-order valence-corrected chi connectivity index (χ4v) is 1.14. The molecule has 0 bridgehead atoms. The number of nitrogens with one attached hydrogen (secondary N) is 1. The number of rotatable bonds is 2. The molecule has 0 saturated heterocycles.